The highest BCUT2D eigenvalue weighted by Gasteiger charge is 2.39. The summed E-state index contributed by atoms with van der Waals surface area (Å²) in [6.07, 6.45) is 0.694. The first-order valence-electron chi connectivity index (χ1n) is 15.4. The van der Waals surface area contributed by atoms with E-state index in [-0.39, 0.29) is 17.9 Å². The molecule has 3 aromatic carbocycles. The average molecular weight is 618 g/mol. The van der Waals surface area contributed by atoms with Crippen LogP contribution in [0.5, 0.6) is 11.5 Å². The van der Waals surface area contributed by atoms with Crippen LogP contribution < -0.4 is 10.6 Å². The minimum atomic E-state index is -1.14. The number of carbonyl (C=O) groups is 3. The number of alkyl carbamates (subject to hydrolysis) is 1. The molecule has 0 fully saturated rings. The lowest BCUT2D eigenvalue weighted by atomic mass is 9.95. The SMILES string of the molecule is Cc1ccccc1NC(=O)C(c1cccc(O)c1)N(C(=O)C(Cc1ccc(O)cc1)NC(=O)OC(C)(C)C)C(C)CCC(C)C. The van der Waals surface area contributed by atoms with Crippen molar-refractivity contribution in [3.63, 3.8) is 0 Å². The lowest BCUT2D eigenvalue weighted by molar-refractivity contribution is -0.143. The van der Waals surface area contributed by atoms with E-state index in [1.54, 1.807) is 51.1 Å². The maximum Gasteiger partial charge on any atom is 0.408 e. The van der Waals surface area contributed by atoms with Crippen LogP contribution in [0.1, 0.15) is 77.1 Å². The van der Waals surface area contributed by atoms with Crippen LogP contribution in [-0.4, -0.2) is 50.7 Å². The molecule has 4 N–H and O–H groups in total. The number of hydrogen-bond acceptors (Lipinski definition) is 6. The third kappa shape index (κ3) is 10.6. The predicted molar refractivity (Wildman–Crippen MR) is 176 cm³/mol. The van der Waals surface area contributed by atoms with E-state index in [0.717, 1.165) is 12.0 Å². The molecule has 0 spiro atoms. The van der Waals surface area contributed by atoms with E-state index in [4.69, 9.17) is 4.74 Å². The van der Waals surface area contributed by atoms with E-state index in [1.165, 1.54) is 29.2 Å². The Labute approximate surface area is 266 Å². The Bertz CT molecular complexity index is 1450. The molecule has 0 aromatic heterocycles. The number of hydrogen-bond donors (Lipinski definition) is 4. The molecule has 9 heteroatoms. The Kier molecular flexibility index (Phi) is 12.0. The highest BCUT2D eigenvalue weighted by atomic mass is 16.6. The van der Waals surface area contributed by atoms with Crippen LogP contribution in [0.4, 0.5) is 10.5 Å². The summed E-state index contributed by atoms with van der Waals surface area (Å²) in [4.78, 5) is 43.6. The van der Waals surface area contributed by atoms with Crippen LogP contribution in [0.25, 0.3) is 0 Å². The zero-order valence-corrected chi connectivity index (χ0v) is 27.3. The Morgan fingerprint density at radius 2 is 1.53 bits per heavy atom. The Balaban J connectivity index is 2.14. The van der Waals surface area contributed by atoms with E-state index in [2.05, 4.69) is 24.5 Å². The number of amides is 3. The van der Waals surface area contributed by atoms with Crippen LogP contribution in [0, 0.1) is 12.8 Å². The normalized spacial score (nSPS) is 13.4. The predicted octanol–water partition coefficient (Wildman–Crippen LogP) is 6.88. The Hall–Kier alpha value is -4.53. The molecule has 3 amide bonds. The first kappa shape index (κ1) is 35.0. The fraction of sp³-hybridized carbons (Fsp3) is 0.417. The van der Waals surface area contributed by atoms with E-state index >= 15 is 0 Å². The Morgan fingerprint density at radius 3 is 2.13 bits per heavy atom. The number of para-hydroxylation sites is 1. The number of phenolic OH excluding ortho intramolecular Hbond substituents is 2. The van der Waals surface area contributed by atoms with Crippen LogP contribution in [0.2, 0.25) is 0 Å². The summed E-state index contributed by atoms with van der Waals surface area (Å²) in [5.41, 5.74) is 1.75. The quantitative estimate of drug-likeness (QED) is 0.176. The standard InChI is InChI=1S/C36H47N3O6/c1-23(2)15-16-25(4)39(32(27-12-10-13-29(41)22-27)33(42)37-30-14-9-8-11-24(30)3)34(43)31(38-35(44)45-36(5,6)7)21-26-17-19-28(40)20-18-26/h8-14,17-20,22-23,25,31-32,40-41H,15-16,21H2,1-7H3,(H,37,42)(H,38,44). The second-order valence-electron chi connectivity index (χ2n) is 12.9. The summed E-state index contributed by atoms with van der Waals surface area (Å²) in [5, 5.41) is 26.0. The molecule has 0 radical (unpaired) electrons. The summed E-state index contributed by atoms with van der Waals surface area (Å²) in [5.74, 6) is -0.575. The highest BCUT2D eigenvalue weighted by Crippen LogP contribution is 2.31. The minimum absolute atomic E-state index is 0.0454. The molecule has 3 unspecified atom stereocenters. The van der Waals surface area contributed by atoms with E-state index in [0.29, 0.717) is 29.2 Å². The smallest absolute Gasteiger partial charge is 0.408 e. The van der Waals surface area contributed by atoms with Gasteiger partial charge in [-0.25, -0.2) is 4.79 Å². The highest BCUT2D eigenvalue weighted by molar-refractivity contribution is 5.99. The summed E-state index contributed by atoms with van der Waals surface area (Å²) in [6.45, 7) is 13.2. The van der Waals surface area contributed by atoms with Gasteiger partial charge in [0, 0.05) is 18.2 Å². The third-order valence-corrected chi connectivity index (χ3v) is 7.37. The van der Waals surface area contributed by atoms with Crippen molar-refractivity contribution in [2.45, 2.75) is 91.5 Å². The zero-order valence-electron chi connectivity index (χ0n) is 27.3. The van der Waals surface area contributed by atoms with E-state index in [9.17, 15) is 24.6 Å². The number of ether oxygens (including phenoxy) is 1. The zero-order chi connectivity index (χ0) is 33.3. The van der Waals surface area contributed by atoms with Crippen molar-refractivity contribution in [3.8, 4) is 11.5 Å². The van der Waals surface area contributed by atoms with Crippen LogP contribution in [0.15, 0.2) is 72.8 Å². The molecule has 242 valence electrons. The molecule has 0 saturated heterocycles. The number of rotatable bonds is 12. The lowest BCUT2D eigenvalue weighted by Crippen LogP contribution is -2.55. The molecule has 0 aliphatic carbocycles. The second-order valence-corrected chi connectivity index (χ2v) is 12.9. The number of aryl methyl sites for hydroxylation is 1. The molecule has 45 heavy (non-hydrogen) atoms. The lowest BCUT2D eigenvalue weighted by Gasteiger charge is -2.39. The van der Waals surface area contributed by atoms with Gasteiger partial charge < -0.3 is 30.5 Å². The molecule has 0 saturated carbocycles. The molecule has 0 aliphatic rings. The molecular formula is C36H47N3O6. The van der Waals surface area contributed by atoms with Gasteiger partial charge in [0.25, 0.3) is 5.91 Å². The number of nitrogens with one attached hydrogen (secondary N) is 2. The topological polar surface area (TPSA) is 128 Å². The van der Waals surface area contributed by atoms with Gasteiger partial charge in [0.1, 0.15) is 29.2 Å². The van der Waals surface area contributed by atoms with Gasteiger partial charge in [-0.3, -0.25) is 9.59 Å². The summed E-state index contributed by atoms with van der Waals surface area (Å²) in [6, 6.07) is 17.4. The van der Waals surface area contributed by atoms with Gasteiger partial charge in [-0.1, -0.05) is 56.3 Å². The molecule has 0 bridgehead atoms. The number of anilines is 1. The monoisotopic (exact) mass is 617 g/mol. The van der Waals surface area contributed by atoms with Gasteiger partial charge in [0.05, 0.1) is 0 Å². The van der Waals surface area contributed by atoms with Gasteiger partial charge in [-0.2, -0.15) is 0 Å². The Morgan fingerprint density at radius 1 is 0.867 bits per heavy atom. The average Bonchev–Trinajstić information content (AvgIpc) is 2.95. The molecule has 3 atom stereocenters. The van der Waals surface area contributed by atoms with Crippen molar-refractivity contribution in [2.75, 3.05) is 5.32 Å². The van der Waals surface area contributed by atoms with Crippen molar-refractivity contribution in [2.24, 2.45) is 5.92 Å². The molecular weight excluding hydrogens is 570 g/mol. The van der Waals surface area contributed by atoms with Gasteiger partial charge in [0.15, 0.2) is 0 Å². The van der Waals surface area contributed by atoms with Crippen molar-refractivity contribution < 1.29 is 29.3 Å². The van der Waals surface area contributed by atoms with Gasteiger partial charge >= 0.3 is 6.09 Å². The summed E-state index contributed by atoms with van der Waals surface area (Å²) >= 11 is 0. The molecule has 9 nitrogen and oxygen atoms in total. The summed E-state index contributed by atoms with van der Waals surface area (Å²) in [7, 11) is 0. The number of benzene rings is 3. The van der Waals surface area contributed by atoms with E-state index in [1.807, 2.05) is 32.0 Å². The number of carbonyl (C=O) groups excluding carboxylic acids is 3. The van der Waals surface area contributed by atoms with Gasteiger partial charge in [0.2, 0.25) is 5.91 Å². The van der Waals surface area contributed by atoms with Crippen molar-refractivity contribution in [3.05, 3.63) is 89.5 Å². The first-order valence-corrected chi connectivity index (χ1v) is 15.4. The summed E-state index contributed by atoms with van der Waals surface area (Å²) < 4.78 is 5.52. The number of nitrogens with zero attached hydrogens (tertiary/aromatic N) is 1. The van der Waals surface area contributed by atoms with Crippen molar-refractivity contribution >= 4 is 23.6 Å². The van der Waals surface area contributed by atoms with Gasteiger partial charge in [-0.15, -0.1) is 0 Å². The molecule has 0 heterocycles. The van der Waals surface area contributed by atoms with Crippen LogP contribution in [0.3, 0.4) is 0 Å². The number of phenols is 2. The van der Waals surface area contributed by atoms with Crippen molar-refractivity contribution in [1.29, 1.82) is 0 Å². The van der Waals surface area contributed by atoms with Gasteiger partial charge in [-0.05, 0) is 100 Å². The fourth-order valence-electron chi connectivity index (χ4n) is 5.06. The minimum Gasteiger partial charge on any atom is -0.508 e. The van der Waals surface area contributed by atoms with Crippen LogP contribution >= 0.6 is 0 Å². The molecule has 3 rings (SSSR count). The van der Waals surface area contributed by atoms with Crippen molar-refractivity contribution in [1.82, 2.24) is 10.2 Å². The molecule has 0 aliphatic heterocycles. The maximum absolute atomic E-state index is 14.8. The fourth-order valence-corrected chi connectivity index (χ4v) is 5.06. The molecule has 3 aromatic rings. The largest absolute Gasteiger partial charge is 0.508 e. The maximum atomic E-state index is 14.8. The number of aromatic hydroxyl groups is 2. The van der Waals surface area contributed by atoms with Crippen LogP contribution in [-0.2, 0) is 20.7 Å². The van der Waals surface area contributed by atoms with E-state index < -0.39 is 41.6 Å². The second kappa shape index (κ2) is 15.5. The first-order chi connectivity index (χ1) is 21.1. The third-order valence-electron chi connectivity index (χ3n) is 7.37.